The van der Waals surface area contributed by atoms with Crippen molar-refractivity contribution >= 4 is 15.9 Å². The zero-order valence-electron chi connectivity index (χ0n) is 6.89. The lowest BCUT2D eigenvalue weighted by atomic mass is 10.2. The molecule has 0 saturated carbocycles. The average Bonchev–Trinajstić information content (AvgIpc) is 2.62. The SMILES string of the molecule is Brc1ccc(Cn2nccn2)cc1. The molecule has 66 valence electrons. The van der Waals surface area contributed by atoms with Gasteiger partial charge in [0.1, 0.15) is 0 Å². The minimum absolute atomic E-state index is 0.722. The third-order valence-electron chi connectivity index (χ3n) is 1.70. The van der Waals surface area contributed by atoms with Crippen LogP contribution in [0.2, 0.25) is 0 Å². The molecule has 0 N–H and O–H groups in total. The van der Waals surface area contributed by atoms with E-state index in [0.29, 0.717) is 0 Å². The van der Waals surface area contributed by atoms with E-state index in [1.54, 1.807) is 17.2 Å². The summed E-state index contributed by atoms with van der Waals surface area (Å²) in [6.07, 6.45) is 3.36. The van der Waals surface area contributed by atoms with E-state index >= 15 is 0 Å². The van der Waals surface area contributed by atoms with E-state index in [2.05, 4.69) is 26.1 Å². The second kappa shape index (κ2) is 3.70. The predicted octanol–water partition coefficient (Wildman–Crippen LogP) is 2.09. The van der Waals surface area contributed by atoms with Crippen molar-refractivity contribution in [3.05, 3.63) is 46.7 Å². The van der Waals surface area contributed by atoms with Gasteiger partial charge in [-0.2, -0.15) is 15.0 Å². The maximum Gasteiger partial charge on any atom is 0.0857 e. The van der Waals surface area contributed by atoms with Crippen molar-refractivity contribution in [1.29, 1.82) is 0 Å². The van der Waals surface area contributed by atoms with Crippen molar-refractivity contribution < 1.29 is 0 Å². The molecule has 0 spiro atoms. The standard InChI is InChI=1S/C9H8BrN3/c10-9-3-1-8(2-4-9)7-13-11-5-6-12-13/h1-6H,7H2. The van der Waals surface area contributed by atoms with Gasteiger partial charge in [0.25, 0.3) is 0 Å². The largest absolute Gasteiger partial charge is 0.180 e. The van der Waals surface area contributed by atoms with Crippen LogP contribution in [0.5, 0.6) is 0 Å². The van der Waals surface area contributed by atoms with Crippen LogP contribution in [-0.2, 0) is 6.54 Å². The Morgan fingerprint density at radius 2 is 1.69 bits per heavy atom. The summed E-state index contributed by atoms with van der Waals surface area (Å²) in [6, 6.07) is 8.12. The zero-order valence-corrected chi connectivity index (χ0v) is 8.48. The molecule has 0 amide bonds. The minimum Gasteiger partial charge on any atom is -0.180 e. The molecule has 0 aliphatic rings. The number of hydrogen-bond donors (Lipinski definition) is 0. The highest BCUT2D eigenvalue weighted by molar-refractivity contribution is 9.10. The average molecular weight is 238 g/mol. The van der Waals surface area contributed by atoms with Crippen LogP contribution in [0, 0.1) is 0 Å². The highest BCUT2D eigenvalue weighted by atomic mass is 79.9. The van der Waals surface area contributed by atoms with Crippen molar-refractivity contribution in [2.24, 2.45) is 0 Å². The van der Waals surface area contributed by atoms with Crippen molar-refractivity contribution in [3.63, 3.8) is 0 Å². The highest BCUT2D eigenvalue weighted by Crippen LogP contribution is 2.10. The normalized spacial score (nSPS) is 10.2. The van der Waals surface area contributed by atoms with Gasteiger partial charge in [0.15, 0.2) is 0 Å². The molecule has 0 unspecified atom stereocenters. The molecule has 0 aliphatic carbocycles. The van der Waals surface area contributed by atoms with Crippen LogP contribution < -0.4 is 0 Å². The van der Waals surface area contributed by atoms with Gasteiger partial charge in [-0.3, -0.25) is 0 Å². The van der Waals surface area contributed by atoms with Crippen molar-refractivity contribution in [2.75, 3.05) is 0 Å². The molecule has 13 heavy (non-hydrogen) atoms. The van der Waals surface area contributed by atoms with Crippen LogP contribution in [0.15, 0.2) is 41.1 Å². The van der Waals surface area contributed by atoms with Crippen LogP contribution in [0.25, 0.3) is 0 Å². The Hall–Kier alpha value is -1.16. The Bertz CT molecular complexity index is 366. The zero-order chi connectivity index (χ0) is 9.10. The first-order valence-electron chi connectivity index (χ1n) is 3.93. The molecule has 0 fully saturated rings. The lowest BCUT2D eigenvalue weighted by Gasteiger charge is -1.99. The number of halogens is 1. The van der Waals surface area contributed by atoms with Gasteiger partial charge in [0, 0.05) is 4.47 Å². The van der Waals surface area contributed by atoms with Crippen molar-refractivity contribution in [2.45, 2.75) is 6.54 Å². The van der Waals surface area contributed by atoms with Crippen LogP contribution in [-0.4, -0.2) is 15.0 Å². The summed E-state index contributed by atoms with van der Waals surface area (Å²) < 4.78 is 1.09. The lowest BCUT2D eigenvalue weighted by molar-refractivity contribution is 0.591. The Morgan fingerprint density at radius 1 is 1.08 bits per heavy atom. The third-order valence-corrected chi connectivity index (χ3v) is 2.23. The molecule has 3 nitrogen and oxygen atoms in total. The van der Waals surface area contributed by atoms with E-state index in [0.717, 1.165) is 11.0 Å². The smallest absolute Gasteiger partial charge is 0.0857 e. The molecule has 2 aromatic rings. The Morgan fingerprint density at radius 3 is 2.31 bits per heavy atom. The second-order valence-electron chi connectivity index (χ2n) is 2.69. The van der Waals surface area contributed by atoms with Gasteiger partial charge in [-0.25, -0.2) is 0 Å². The molecule has 0 radical (unpaired) electrons. The first-order valence-corrected chi connectivity index (χ1v) is 4.72. The number of rotatable bonds is 2. The van der Waals surface area contributed by atoms with Gasteiger partial charge in [-0.05, 0) is 17.7 Å². The first-order chi connectivity index (χ1) is 6.34. The summed E-state index contributed by atoms with van der Waals surface area (Å²) in [4.78, 5) is 1.66. The van der Waals surface area contributed by atoms with E-state index in [9.17, 15) is 0 Å². The van der Waals surface area contributed by atoms with Gasteiger partial charge < -0.3 is 0 Å². The van der Waals surface area contributed by atoms with Gasteiger partial charge >= 0.3 is 0 Å². The van der Waals surface area contributed by atoms with E-state index in [-0.39, 0.29) is 0 Å². The molecular formula is C9H8BrN3. The summed E-state index contributed by atoms with van der Waals surface area (Å²) in [7, 11) is 0. The highest BCUT2D eigenvalue weighted by Gasteiger charge is 1.95. The lowest BCUT2D eigenvalue weighted by Crippen LogP contribution is -2.02. The molecule has 2 rings (SSSR count). The summed E-state index contributed by atoms with van der Waals surface area (Å²) in [5, 5.41) is 8.06. The van der Waals surface area contributed by atoms with Crippen LogP contribution in [0.4, 0.5) is 0 Å². The quantitative estimate of drug-likeness (QED) is 0.801. The monoisotopic (exact) mass is 237 g/mol. The Balaban J connectivity index is 2.15. The molecule has 1 heterocycles. The van der Waals surface area contributed by atoms with E-state index < -0.39 is 0 Å². The van der Waals surface area contributed by atoms with Crippen LogP contribution in [0.1, 0.15) is 5.56 Å². The molecular weight excluding hydrogens is 230 g/mol. The second-order valence-corrected chi connectivity index (χ2v) is 3.60. The maximum absolute atomic E-state index is 4.03. The molecule has 0 atom stereocenters. The van der Waals surface area contributed by atoms with Crippen molar-refractivity contribution in [3.8, 4) is 0 Å². The fourth-order valence-electron chi connectivity index (χ4n) is 1.08. The maximum atomic E-state index is 4.03. The molecule has 0 aliphatic heterocycles. The summed E-state index contributed by atoms with van der Waals surface area (Å²) >= 11 is 3.39. The Kier molecular flexibility index (Phi) is 2.40. The van der Waals surface area contributed by atoms with Crippen LogP contribution >= 0.6 is 15.9 Å². The molecule has 1 aromatic carbocycles. The summed E-state index contributed by atoms with van der Waals surface area (Å²) in [6.45, 7) is 0.722. The van der Waals surface area contributed by atoms with E-state index in [1.165, 1.54) is 5.56 Å². The number of nitrogens with zero attached hydrogens (tertiary/aromatic N) is 3. The molecule has 1 aromatic heterocycles. The van der Waals surface area contributed by atoms with Gasteiger partial charge in [0.05, 0.1) is 18.9 Å². The minimum atomic E-state index is 0.722. The Labute approximate surface area is 84.5 Å². The topological polar surface area (TPSA) is 30.7 Å². The summed E-state index contributed by atoms with van der Waals surface area (Å²) in [5.41, 5.74) is 1.19. The number of benzene rings is 1. The molecule has 4 heteroatoms. The first kappa shape index (κ1) is 8.44. The molecule has 0 saturated heterocycles. The van der Waals surface area contributed by atoms with Gasteiger partial charge in [0.2, 0.25) is 0 Å². The van der Waals surface area contributed by atoms with Crippen molar-refractivity contribution in [1.82, 2.24) is 15.0 Å². The fraction of sp³-hybridized carbons (Fsp3) is 0.111. The molecule has 0 bridgehead atoms. The van der Waals surface area contributed by atoms with Gasteiger partial charge in [-0.1, -0.05) is 28.1 Å². The summed E-state index contributed by atoms with van der Waals surface area (Å²) in [5.74, 6) is 0. The third kappa shape index (κ3) is 2.15. The number of hydrogen-bond acceptors (Lipinski definition) is 2. The van der Waals surface area contributed by atoms with E-state index in [1.807, 2.05) is 24.3 Å². The van der Waals surface area contributed by atoms with Crippen LogP contribution in [0.3, 0.4) is 0 Å². The van der Waals surface area contributed by atoms with E-state index in [4.69, 9.17) is 0 Å². The fourth-order valence-corrected chi connectivity index (χ4v) is 1.34. The number of aromatic nitrogens is 3. The predicted molar refractivity (Wildman–Crippen MR) is 53.3 cm³/mol. The van der Waals surface area contributed by atoms with Gasteiger partial charge in [-0.15, -0.1) is 0 Å².